The van der Waals surface area contributed by atoms with Crippen molar-refractivity contribution in [2.45, 2.75) is 17.6 Å². The Bertz CT molecular complexity index is 691. The molecule has 0 radical (unpaired) electrons. The number of nitrogens with zero attached hydrogens (tertiary/aromatic N) is 1. The highest BCUT2D eigenvalue weighted by Crippen LogP contribution is 2.51. The molecule has 2 aromatic rings. The average Bonchev–Trinajstić information content (AvgIpc) is 3.32. The molecule has 3 nitrogen and oxygen atoms in total. The van der Waals surface area contributed by atoms with E-state index in [4.69, 9.17) is 4.74 Å². The van der Waals surface area contributed by atoms with E-state index in [9.17, 15) is 22.7 Å². The van der Waals surface area contributed by atoms with Gasteiger partial charge in [-0.25, -0.2) is 8.78 Å². The van der Waals surface area contributed by atoms with Crippen molar-refractivity contribution in [1.82, 2.24) is 4.98 Å². The number of epoxide rings is 1. The molecule has 0 bridgehead atoms. The highest BCUT2D eigenvalue weighted by molar-refractivity contribution is 5.33. The van der Waals surface area contributed by atoms with Crippen LogP contribution in [0.15, 0.2) is 42.6 Å². The molecule has 2 unspecified atom stereocenters. The van der Waals surface area contributed by atoms with Gasteiger partial charge < -0.3 is 9.84 Å². The minimum absolute atomic E-state index is 0.157. The molecule has 2 heterocycles. The smallest absolute Gasteiger partial charge is 0.324 e. The average molecular weight is 313 g/mol. The van der Waals surface area contributed by atoms with Crippen molar-refractivity contribution in [3.05, 3.63) is 65.5 Å². The first kappa shape index (κ1) is 14.9. The van der Waals surface area contributed by atoms with Crippen LogP contribution in [0, 0.1) is 11.6 Å². The largest absolute Gasteiger partial charge is 0.376 e. The zero-order chi connectivity index (χ0) is 16.0. The Morgan fingerprint density at radius 2 is 1.91 bits per heavy atom. The highest BCUT2D eigenvalue weighted by atomic mass is 19.3. The molecule has 1 aromatic heterocycles. The molecule has 1 aromatic carbocycles. The first-order valence-electron chi connectivity index (χ1n) is 6.46. The lowest BCUT2D eigenvalue weighted by molar-refractivity contribution is -0.209. The van der Waals surface area contributed by atoms with E-state index in [0.717, 1.165) is 24.4 Å². The summed E-state index contributed by atoms with van der Waals surface area (Å²) in [4.78, 5) is 3.54. The Balaban J connectivity index is 2.16. The summed E-state index contributed by atoms with van der Waals surface area (Å²) in [5.41, 5.74) is -4.43. The summed E-state index contributed by atoms with van der Waals surface area (Å²) in [5, 5.41) is 10.6. The molecular weight excluding hydrogens is 302 g/mol. The molecule has 0 spiro atoms. The van der Waals surface area contributed by atoms with Gasteiger partial charge in [0.25, 0.3) is 0 Å². The Morgan fingerprint density at radius 1 is 1.18 bits per heavy atom. The van der Waals surface area contributed by atoms with Gasteiger partial charge in [-0.1, -0.05) is 6.07 Å². The van der Waals surface area contributed by atoms with Crippen molar-refractivity contribution in [2.24, 2.45) is 0 Å². The van der Waals surface area contributed by atoms with Crippen LogP contribution in [0.25, 0.3) is 0 Å². The number of alkyl halides is 2. The number of rotatable bonds is 4. The predicted octanol–water partition coefficient (Wildman–Crippen LogP) is 2.74. The normalized spacial score (nSPS) is 20.5. The molecule has 2 atom stereocenters. The summed E-state index contributed by atoms with van der Waals surface area (Å²) in [6, 6.07) is 5.82. The molecule has 0 amide bonds. The zero-order valence-electron chi connectivity index (χ0n) is 11.1. The molecular formula is C15H11F4NO2. The van der Waals surface area contributed by atoms with E-state index >= 15 is 0 Å². The molecule has 0 saturated carbocycles. The number of pyridine rings is 1. The molecule has 1 saturated heterocycles. The molecule has 1 fully saturated rings. The van der Waals surface area contributed by atoms with E-state index in [1.807, 2.05) is 0 Å². The van der Waals surface area contributed by atoms with Crippen LogP contribution >= 0.6 is 0 Å². The van der Waals surface area contributed by atoms with Crippen LogP contribution in [0.4, 0.5) is 17.6 Å². The van der Waals surface area contributed by atoms with Crippen LogP contribution in [0.3, 0.4) is 0 Å². The molecule has 1 N–H and O–H groups in total. The van der Waals surface area contributed by atoms with E-state index in [1.165, 1.54) is 12.1 Å². The monoisotopic (exact) mass is 313 g/mol. The van der Waals surface area contributed by atoms with Crippen molar-refractivity contribution < 1.29 is 27.4 Å². The van der Waals surface area contributed by atoms with Gasteiger partial charge in [0, 0.05) is 17.8 Å². The SMILES string of the molecule is OC(c1ccc(F)cc1F)(C1CO1)C(F)(F)c1ccccn1. The third kappa shape index (κ3) is 2.17. The van der Waals surface area contributed by atoms with Crippen LogP contribution in [-0.4, -0.2) is 22.8 Å². The van der Waals surface area contributed by atoms with Crippen molar-refractivity contribution in [3.8, 4) is 0 Å². The van der Waals surface area contributed by atoms with Crippen molar-refractivity contribution in [3.63, 3.8) is 0 Å². The fourth-order valence-electron chi connectivity index (χ4n) is 2.38. The Morgan fingerprint density at radius 3 is 2.45 bits per heavy atom. The molecule has 116 valence electrons. The second-order valence-electron chi connectivity index (χ2n) is 5.00. The second kappa shape index (κ2) is 5.03. The lowest BCUT2D eigenvalue weighted by Gasteiger charge is -2.34. The Labute approximate surface area is 123 Å². The summed E-state index contributed by atoms with van der Waals surface area (Å²) in [6.45, 7) is -0.157. The fraction of sp³-hybridized carbons (Fsp3) is 0.267. The standard InChI is InChI=1S/C15H11F4NO2/c16-9-4-5-10(11(17)7-9)14(21,13-8-22-13)15(18,19)12-3-1-2-6-20-12/h1-7,13,21H,8H2. The molecule has 22 heavy (non-hydrogen) atoms. The summed E-state index contributed by atoms with van der Waals surface area (Å²) >= 11 is 0. The van der Waals surface area contributed by atoms with Crippen LogP contribution in [0.1, 0.15) is 11.3 Å². The number of ether oxygens (including phenoxy) is 1. The van der Waals surface area contributed by atoms with E-state index in [1.54, 1.807) is 0 Å². The first-order valence-corrected chi connectivity index (χ1v) is 6.46. The topological polar surface area (TPSA) is 45.6 Å². The minimum Gasteiger partial charge on any atom is -0.376 e. The third-order valence-electron chi connectivity index (χ3n) is 3.61. The van der Waals surface area contributed by atoms with Crippen LogP contribution in [0.2, 0.25) is 0 Å². The summed E-state index contributed by atoms with van der Waals surface area (Å²) in [7, 11) is 0. The van der Waals surface area contributed by atoms with Gasteiger partial charge in [0.2, 0.25) is 0 Å². The predicted molar refractivity (Wildman–Crippen MR) is 68.1 cm³/mol. The third-order valence-corrected chi connectivity index (χ3v) is 3.61. The van der Waals surface area contributed by atoms with E-state index in [2.05, 4.69) is 4.98 Å². The second-order valence-corrected chi connectivity index (χ2v) is 5.00. The number of aromatic nitrogens is 1. The van der Waals surface area contributed by atoms with Crippen LogP contribution in [0.5, 0.6) is 0 Å². The Kier molecular flexibility index (Phi) is 3.41. The van der Waals surface area contributed by atoms with Crippen LogP contribution < -0.4 is 0 Å². The number of benzene rings is 1. The van der Waals surface area contributed by atoms with Gasteiger partial charge in [-0.3, -0.25) is 4.98 Å². The summed E-state index contributed by atoms with van der Waals surface area (Å²) < 4.78 is 61.4. The van der Waals surface area contributed by atoms with Gasteiger partial charge in [0.05, 0.1) is 6.61 Å². The number of halogens is 4. The van der Waals surface area contributed by atoms with Gasteiger partial charge in [-0.2, -0.15) is 8.78 Å². The molecule has 3 rings (SSSR count). The maximum Gasteiger partial charge on any atom is 0.324 e. The lowest BCUT2D eigenvalue weighted by atomic mass is 9.82. The molecule has 0 aliphatic carbocycles. The molecule has 1 aliphatic heterocycles. The molecule has 1 aliphatic rings. The summed E-state index contributed by atoms with van der Waals surface area (Å²) in [6.07, 6.45) is -0.164. The van der Waals surface area contributed by atoms with Gasteiger partial charge in [-0.05, 0) is 24.3 Å². The summed E-state index contributed by atoms with van der Waals surface area (Å²) in [5.74, 6) is -6.12. The van der Waals surface area contributed by atoms with E-state index in [0.29, 0.717) is 6.07 Å². The van der Waals surface area contributed by atoms with E-state index in [-0.39, 0.29) is 6.61 Å². The van der Waals surface area contributed by atoms with Crippen LogP contribution in [-0.2, 0) is 16.3 Å². The molecule has 7 heteroatoms. The highest BCUT2D eigenvalue weighted by Gasteiger charge is 2.65. The van der Waals surface area contributed by atoms with E-state index < -0.39 is 40.5 Å². The van der Waals surface area contributed by atoms with Gasteiger partial charge in [0.15, 0.2) is 5.60 Å². The quantitative estimate of drug-likeness (QED) is 0.697. The van der Waals surface area contributed by atoms with Gasteiger partial charge in [0.1, 0.15) is 23.4 Å². The number of hydrogen-bond acceptors (Lipinski definition) is 3. The number of hydrogen-bond donors (Lipinski definition) is 1. The first-order chi connectivity index (χ1) is 10.4. The van der Waals surface area contributed by atoms with Gasteiger partial charge >= 0.3 is 5.92 Å². The Hall–Kier alpha value is -1.99. The minimum atomic E-state index is -3.92. The maximum atomic E-state index is 14.8. The number of aliphatic hydroxyl groups is 1. The maximum absolute atomic E-state index is 14.8. The van der Waals surface area contributed by atoms with Gasteiger partial charge in [-0.15, -0.1) is 0 Å². The van der Waals surface area contributed by atoms with Crippen molar-refractivity contribution in [2.75, 3.05) is 6.61 Å². The lowest BCUT2D eigenvalue weighted by Crippen LogP contribution is -2.49. The van der Waals surface area contributed by atoms with Crippen molar-refractivity contribution in [1.29, 1.82) is 0 Å². The zero-order valence-corrected chi connectivity index (χ0v) is 11.1. The fourth-order valence-corrected chi connectivity index (χ4v) is 2.38. The van der Waals surface area contributed by atoms with Crippen molar-refractivity contribution >= 4 is 0 Å².